The monoisotopic (exact) mass is 324 g/mol. The number of hydrogen-bond donors (Lipinski definition) is 2. The topological polar surface area (TPSA) is 58.2 Å². The van der Waals surface area contributed by atoms with Crippen LogP contribution < -0.4 is 10.0 Å². The molecule has 19 heavy (non-hydrogen) atoms. The molecule has 1 aromatic rings. The smallest absolute Gasteiger partial charge is 0.215 e. The van der Waals surface area contributed by atoms with Crippen molar-refractivity contribution >= 4 is 33.2 Å². The number of hydrogen-bond acceptors (Lipinski definition) is 3. The van der Waals surface area contributed by atoms with E-state index in [1.807, 2.05) is 0 Å². The first-order chi connectivity index (χ1) is 8.86. The van der Waals surface area contributed by atoms with E-state index in [0.29, 0.717) is 29.6 Å². The summed E-state index contributed by atoms with van der Waals surface area (Å²) < 4.78 is 26.3. The fraction of sp³-hybridized carbons (Fsp3) is 0.500. The Morgan fingerprint density at radius 1 is 1.32 bits per heavy atom. The first-order valence-electron chi connectivity index (χ1n) is 5.94. The molecule has 2 N–H and O–H groups in total. The fourth-order valence-corrected chi connectivity index (χ4v) is 3.15. The first-order valence-corrected chi connectivity index (χ1v) is 8.24. The molecule has 0 aliphatic heterocycles. The van der Waals surface area contributed by atoms with E-state index in [1.54, 1.807) is 32.2 Å². The SMILES string of the molecule is CNCC(C)S(=O)(=O)NCCc1ccc(Cl)cc1Cl. The van der Waals surface area contributed by atoms with Gasteiger partial charge in [-0.3, -0.25) is 0 Å². The summed E-state index contributed by atoms with van der Waals surface area (Å²) >= 11 is 11.8. The van der Waals surface area contributed by atoms with Crippen LogP contribution in [0.3, 0.4) is 0 Å². The van der Waals surface area contributed by atoms with E-state index in [2.05, 4.69) is 10.0 Å². The Kier molecular flexibility index (Phi) is 6.56. The van der Waals surface area contributed by atoms with Gasteiger partial charge in [0, 0.05) is 23.1 Å². The van der Waals surface area contributed by atoms with Crippen molar-refractivity contribution in [3.05, 3.63) is 33.8 Å². The van der Waals surface area contributed by atoms with Crippen LogP contribution in [0.2, 0.25) is 10.0 Å². The molecular formula is C12H18Cl2N2O2S. The minimum absolute atomic E-state index is 0.317. The quantitative estimate of drug-likeness (QED) is 0.807. The standard InChI is InChI=1S/C12H18Cl2N2O2S/c1-9(8-15-2)19(17,18)16-6-5-10-3-4-11(13)7-12(10)14/h3-4,7,9,15-16H,5-6,8H2,1-2H3. The Hall–Kier alpha value is -0.330. The normalized spacial score (nSPS) is 13.5. The Morgan fingerprint density at radius 2 is 2.00 bits per heavy atom. The summed E-state index contributed by atoms with van der Waals surface area (Å²) in [6.45, 7) is 2.39. The lowest BCUT2D eigenvalue weighted by molar-refractivity contribution is 0.564. The third kappa shape index (κ3) is 5.28. The zero-order chi connectivity index (χ0) is 14.5. The van der Waals surface area contributed by atoms with Crippen LogP contribution in [0.15, 0.2) is 18.2 Å². The maximum atomic E-state index is 11.8. The van der Waals surface area contributed by atoms with Crippen molar-refractivity contribution in [2.24, 2.45) is 0 Å². The molecule has 7 heteroatoms. The van der Waals surface area contributed by atoms with Gasteiger partial charge in [-0.1, -0.05) is 29.3 Å². The van der Waals surface area contributed by atoms with Crippen molar-refractivity contribution in [1.29, 1.82) is 0 Å². The van der Waals surface area contributed by atoms with Crippen LogP contribution in [0.5, 0.6) is 0 Å². The molecule has 0 heterocycles. The molecule has 0 bridgehead atoms. The highest BCUT2D eigenvalue weighted by molar-refractivity contribution is 7.90. The van der Waals surface area contributed by atoms with Gasteiger partial charge in [-0.05, 0) is 38.1 Å². The highest BCUT2D eigenvalue weighted by Crippen LogP contribution is 2.21. The molecule has 1 atom stereocenters. The van der Waals surface area contributed by atoms with E-state index in [1.165, 1.54) is 0 Å². The van der Waals surface area contributed by atoms with Crippen LogP contribution in [0, 0.1) is 0 Å². The zero-order valence-electron chi connectivity index (χ0n) is 10.9. The third-order valence-electron chi connectivity index (χ3n) is 2.73. The largest absolute Gasteiger partial charge is 0.318 e. The van der Waals surface area contributed by atoms with E-state index in [9.17, 15) is 8.42 Å². The van der Waals surface area contributed by atoms with Crippen molar-refractivity contribution in [2.75, 3.05) is 20.1 Å². The summed E-state index contributed by atoms with van der Waals surface area (Å²) in [5.74, 6) is 0. The molecule has 0 saturated carbocycles. The predicted octanol–water partition coefficient (Wildman–Crippen LogP) is 2.06. The Morgan fingerprint density at radius 3 is 2.58 bits per heavy atom. The average molecular weight is 325 g/mol. The number of benzene rings is 1. The molecule has 0 saturated heterocycles. The van der Waals surface area contributed by atoms with Gasteiger partial charge in [-0.15, -0.1) is 0 Å². The van der Waals surface area contributed by atoms with Crippen LogP contribution in [-0.2, 0) is 16.4 Å². The summed E-state index contributed by atoms with van der Waals surface area (Å²) in [5.41, 5.74) is 0.870. The molecule has 1 aromatic carbocycles. The first kappa shape index (κ1) is 16.7. The molecule has 0 fully saturated rings. The second-order valence-corrected chi connectivity index (χ2v) is 7.32. The van der Waals surface area contributed by atoms with Gasteiger partial charge in [-0.25, -0.2) is 13.1 Å². The van der Waals surface area contributed by atoms with Gasteiger partial charge in [0.05, 0.1) is 5.25 Å². The summed E-state index contributed by atoms with van der Waals surface area (Å²) in [7, 11) is -1.57. The van der Waals surface area contributed by atoms with Gasteiger partial charge >= 0.3 is 0 Å². The minimum atomic E-state index is -3.30. The lowest BCUT2D eigenvalue weighted by Gasteiger charge is -2.13. The zero-order valence-corrected chi connectivity index (χ0v) is 13.2. The van der Waals surface area contributed by atoms with Crippen molar-refractivity contribution in [3.8, 4) is 0 Å². The van der Waals surface area contributed by atoms with E-state index >= 15 is 0 Å². The molecule has 0 amide bonds. The summed E-state index contributed by atoms with van der Waals surface area (Å²) in [6, 6.07) is 5.19. The van der Waals surface area contributed by atoms with Crippen molar-refractivity contribution < 1.29 is 8.42 Å². The Balaban J connectivity index is 2.54. The van der Waals surface area contributed by atoms with Crippen LogP contribution in [0.1, 0.15) is 12.5 Å². The maximum Gasteiger partial charge on any atom is 0.215 e. The van der Waals surface area contributed by atoms with Crippen LogP contribution in [0.4, 0.5) is 0 Å². The van der Waals surface area contributed by atoms with Crippen LogP contribution in [0.25, 0.3) is 0 Å². The average Bonchev–Trinajstić information content (AvgIpc) is 2.32. The number of halogens is 2. The van der Waals surface area contributed by atoms with E-state index in [4.69, 9.17) is 23.2 Å². The molecule has 0 spiro atoms. The highest BCUT2D eigenvalue weighted by Gasteiger charge is 2.18. The minimum Gasteiger partial charge on any atom is -0.318 e. The lowest BCUT2D eigenvalue weighted by atomic mass is 10.1. The second kappa shape index (κ2) is 7.45. The Bertz CT molecular complexity index is 520. The summed E-state index contributed by atoms with van der Waals surface area (Å²) in [6.07, 6.45) is 0.529. The van der Waals surface area contributed by atoms with E-state index in [0.717, 1.165) is 5.56 Å². The molecule has 108 valence electrons. The predicted molar refractivity (Wildman–Crippen MR) is 80.5 cm³/mol. The molecular weight excluding hydrogens is 307 g/mol. The maximum absolute atomic E-state index is 11.8. The molecule has 0 aliphatic carbocycles. The van der Waals surface area contributed by atoms with Gasteiger partial charge < -0.3 is 5.32 Å². The van der Waals surface area contributed by atoms with E-state index in [-0.39, 0.29) is 0 Å². The van der Waals surface area contributed by atoms with Gasteiger partial charge in [0.25, 0.3) is 0 Å². The van der Waals surface area contributed by atoms with Crippen molar-refractivity contribution in [1.82, 2.24) is 10.0 Å². The molecule has 0 radical (unpaired) electrons. The second-order valence-electron chi connectivity index (χ2n) is 4.29. The van der Waals surface area contributed by atoms with E-state index < -0.39 is 15.3 Å². The number of nitrogens with one attached hydrogen (secondary N) is 2. The lowest BCUT2D eigenvalue weighted by Crippen LogP contribution is -2.38. The molecule has 4 nitrogen and oxygen atoms in total. The third-order valence-corrected chi connectivity index (χ3v) is 5.15. The molecule has 0 aromatic heterocycles. The summed E-state index contributed by atoms with van der Waals surface area (Å²) in [4.78, 5) is 0. The van der Waals surface area contributed by atoms with Gasteiger partial charge in [0.1, 0.15) is 0 Å². The number of sulfonamides is 1. The molecule has 1 unspecified atom stereocenters. The van der Waals surface area contributed by atoms with Gasteiger partial charge in [0.2, 0.25) is 10.0 Å². The van der Waals surface area contributed by atoms with Crippen LogP contribution in [-0.4, -0.2) is 33.8 Å². The van der Waals surface area contributed by atoms with Crippen LogP contribution >= 0.6 is 23.2 Å². The van der Waals surface area contributed by atoms with Gasteiger partial charge in [-0.2, -0.15) is 0 Å². The molecule has 0 aliphatic rings. The molecule has 1 rings (SSSR count). The fourth-order valence-electron chi connectivity index (χ4n) is 1.59. The van der Waals surface area contributed by atoms with Gasteiger partial charge in [0.15, 0.2) is 0 Å². The van der Waals surface area contributed by atoms with Crippen molar-refractivity contribution in [2.45, 2.75) is 18.6 Å². The number of rotatable bonds is 7. The Labute approximate surface area is 124 Å². The summed E-state index contributed by atoms with van der Waals surface area (Å²) in [5, 5.41) is 3.49. The van der Waals surface area contributed by atoms with Crippen molar-refractivity contribution in [3.63, 3.8) is 0 Å². The highest BCUT2D eigenvalue weighted by atomic mass is 35.5.